The van der Waals surface area contributed by atoms with Gasteiger partial charge in [-0.1, -0.05) is 39.0 Å². The van der Waals surface area contributed by atoms with Gasteiger partial charge in [-0.3, -0.25) is 4.79 Å². The van der Waals surface area contributed by atoms with Crippen molar-refractivity contribution in [2.75, 3.05) is 6.54 Å². The lowest BCUT2D eigenvalue weighted by molar-refractivity contribution is -0.197. The quantitative estimate of drug-likeness (QED) is 0.656. The molecule has 1 heterocycles. The molecule has 0 saturated carbocycles. The minimum Gasteiger partial charge on any atom is -0.338 e. The highest BCUT2D eigenvalue weighted by atomic mass is 16.7. The second kappa shape index (κ2) is 8.95. The first kappa shape index (κ1) is 15.0. The summed E-state index contributed by atoms with van der Waals surface area (Å²) in [6, 6.07) is 0. The Hall–Kier alpha value is -1.06. The van der Waals surface area contributed by atoms with Crippen LogP contribution in [0.25, 0.3) is 0 Å². The number of hydroxylamine groups is 2. The maximum Gasteiger partial charge on any atom is 0.332 e. The van der Waals surface area contributed by atoms with Crippen LogP contribution in [0.4, 0.5) is 0 Å². The highest BCUT2D eigenvalue weighted by Crippen LogP contribution is 2.13. The molecule has 0 radical (unpaired) electrons. The van der Waals surface area contributed by atoms with Gasteiger partial charge in [0.05, 0.1) is 6.54 Å². The number of nitrogens with zero attached hydrogens (tertiary/aromatic N) is 1. The van der Waals surface area contributed by atoms with Crippen LogP contribution in [0.15, 0.2) is 0 Å². The maximum absolute atomic E-state index is 11.6. The Morgan fingerprint density at radius 1 is 1.17 bits per heavy atom. The molecule has 1 amide bonds. The van der Waals surface area contributed by atoms with Gasteiger partial charge in [-0.05, 0) is 19.3 Å². The van der Waals surface area contributed by atoms with Crippen molar-refractivity contribution in [2.45, 2.75) is 71.1 Å². The second-order valence-corrected chi connectivity index (χ2v) is 4.93. The lowest BCUT2D eigenvalue weighted by atomic mass is 10.1. The third kappa shape index (κ3) is 6.03. The molecule has 0 N–H and O–H groups in total. The molecule has 104 valence electrons. The van der Waals surface area contributed by atoms with E-state index in [0.717, 1.165) is 32.1 Å². The van der Waals surface area contributed by atoms with Gasteiger partial charge in [0.15, 0.2) is 0 Å². The Kier molecular flexibility index (Phi) is 7.46. The molecule has 0 unspecified atom stereocenters. The number of carbonyl (C=O) groups excluding carboxylic acids is 2. The van der Waals surface area contributed by atoms with E-state index in [9.17, 15) is 9.59 Å². The van der Waals surface area contributed by atoms with Crippen molar-refractivity contribution in [1.29, 1.82) is 0 Å². The Balaban J connectivity index is 2.16. The summed E-state index contributed by atoms with van der Waals surface area (Å²) < 4.78 is 0. The van der Waals surface area contributed by atoms with Crippen molar-refractivity contribution in [2.24, 2.45) is 0 Å². The van der Waals surface area contributed by atoms with Gasteiger partial charge in [-0.25, -0.2) is 4.79 Å². The zero-order valence-electron chi connectivity index (χ0n) is 11.5. The molecule has 1 rings (SSSR count). The van der Waals surface area contributed by atoms with E-state index in [4.69, 9.17) is 4.84 Å². The van der Waals surface area contributed by atoms with Crippen LogP contribution in [0.5, 0.6) is 0 Å². The summed E-state index contributed by atoms with van der Waals surface area (Å²) >= 11 is 0. The predicted octanol–water partition coefficient (Wildman–Crippen LogP) is 3.21. The normalized spacial score (nSPS) is 16.5. The molecule has 1 saturated heterocycles. The predicted molar refractivity (Wildman–Crippen MR) is 69.6 cm³/mol. The molecule has 1 aliphatic heterocycles. The number of hydrogen-bond donors (Lipinski definition) is 0. The van der Waals surface area contributed by atoms with Crippen LogP contribution in [0.3, 0.4) is 0 Å². The van der Waals surface area contributed by atoms with Gasteiger partial charge in [0.1, 0.15) is 0 Å². The minimum absolute atomic E-state index is 0.0492. The molecule has 0 atom stereocenters. The van der Waals surface area contributed by atoms with E-state index in [1.165, 1.54) is 24.3 Å². The first-order valence-corrected chi connectivity index (χ1v) is 7.25. The summed E-state index contributed by atoms with van der Waals surface area (Å²) in [5, 5.41) is 1.27. The van der Waals surface area contributed by atoms with Crippen molar-refractivity contribution in [3.8, 4) is 0 Å². The summed E-state index contributed by atoms with van der Waals surface area (Å²) in [6.45, 7) is 2.72. The minimum atomic E-state index is -0.262. The van der Waals surface area contributed by atoms with Crippen LogP contribution in [-0.2, 0) is 14.4 Å². The van der Waals surface area contributed by atoms with Crippen molar-refractivity contribution in [3.05, 3.63) is 0 Å². The third-order valence-electron chi connectivity index (χ3n) is 3.23. The first-order valence-electron chi connectivity index (χ1n) is 7.25. The highest BCUT2D eigenvalue weighted by Gasteiger charge is 2.20. The van der Waals surface area contributed by atoms with Crippen molar-refractivity contribution >= 4 is 11.9 Å². The topological polar surface area (TPSA) is 46.6 Å². The standard InChI is InChI=1S/C14H25NO3/c1-2-3-4-5-8-11-14(17)18-15-12-9-6-7-10-13(15)16/h2-12H2,1H3. The van der Waals surface area contributed by atoms with E-state index in [1.54, 1.807) is 0 Å². The molecular weight excluding hydrogens is 230 g/mol. The molecule has 1 aliphatic rings. The molecule has 0 bridgehead atoms. The molecular formula is C14H25NO3. The summed E-state index contributed by atoms with van der Waals surface area (Å²) in [5.74, 6) is -0.311. The van der Waals surface area contributed by atoms with Crippen LogP contribution in [0, 0.1) is 0 Å². The summed E-state index contributed by atoms with van der Waals surface area (Å²) in [6.07, 6.45) is 9.32. The lowest BCUT2D eigenvalue weighted by Crippen LogP contribution is -2.32. The van der Waals surface area contributed by atoms with Gasteiger partial charge < -0.3 is 4.84 Å². The number of unbranched alkanes of at least 4 members (excludes halogenated alkanes) is 4. The number of rotatable bonds is 7. The fourth-order valence-electron chi connectivity index (χ4n) is 2.10. The van der Waals surface area contributed by atoms with Gasteiger partial charge in [-0.15, -0.1) is 0 Å². The zero-order chi connectivity index (χ0) is 13.2. The van der Waals surface area contributed by atoms with Gasteiger partial charge in [-0.2, -0.15) is 5.06 Å². The largest absolute Gasteiger partial charge is 0.338 e. The van der Waals surface area contributed by atoms with Crippen LogP contribution in [-0.4, -0.2) is 23.5 Å². The second-order valence-electron chi connectivity index (χ2n) is 4.93. The Morgan fingerprint density at radius 3 is 2.72 bits per heavy atom. The van der Waals surface area contributed by atoms with Crippen molar-refractivity contribution < 1.29 is 14.4 Å². The monoisotopic (exact) mass is 255 g/mol. The van der Waals surface area contributed by atoms with Gasteiger partial charge in [0, 0.05) is 12.8 Å². The van der Waals surface area contributed by atoms with Crippen LogP contribution >= 0.6 is 0 Å². The molecule has 0 spiro atoms. The summed E-state index contributed by atoms with van der Waals surface area (Å²) in [5.41, 5.74) is 0. The maximum atomic E-state index is 11.6. The summed E-state index contributed by atoms with van der Waals surface area (Å²) in [4.78, 5) is 28.3. The van der Waals surface area contributed by atoms with E-state index < -0.39 is 0 Å². The number of hydrogen-bond acceptors (Lipinski definition) is 3. The van der Waals surface area contributed by atoms with Gasteiger partial charge in [0.25, 0.3) is 5.91 Å². The van der Waals surface area contributed by atoms with Crippen LogP contribution < -0.4 is 0 Å². The molecule has 4 heteroatoms. The van der Waals surface area contributed by atoms with Crippen molar-refractivity contribution in [1.82, 2.24) is 5.06 Å². The molecule has 0 aromatic rings. The fourth-order valence-corrected chi connectivity index (χ4v) is 2.10. The molecule has 1 fully saturated rings. The average molecular weight is 255 g/mol. The highest BCUT2D eigenvalue weighted by molar-refractivity contribution is 5.78. The van der Waals surface area contributed by atoms with E-state index in [0.29, 0.717) is 19.4 Å². The third-order valence-corrected chi connectivity index (χ3v) is 3.23. The van der Waals surface area contributed by atoms with Crippen LogP contribution in [0.2, 0.25) is 0 Å². The Morgan fingerprint density at radius 2 is 1.94 bits per heavy atom. The van der Waals surface area contributed by atoms with Gasteiger partial charge in [0.2, 0.25) is 0 Å². The Labute approximate surface area is 110 Å². The molecule has 18 heavy (non-hydrogen) atoms. The molecule has 4 nitrogen and oxygen atoms in total. The fraction of sp³-hybridized carbons (Fsp3) is 0.857. The number of amides is 1. The summed E-state index contributed by atoms with van der Waals surface area (Å²) in [7, 11) is 0. The molecule has 0 aliphatic carbocycles. The SMILES string of the molecule is CCCCCCCC(=O)ON1CCCCCC1=O. The van der Waals surface area contributed by atoms with E-state index >= 15 is 0 Å². The zero-order valence-corrected chi connectivity index (χ0v) is 11.5. The van der Waals surface area contributed by atoms with Gasteiger partial charge >= 0.3 is 5.97 Å². The smallest absolute Gasteiger partial charge is 0.332 e. The van der Waals surface area contributed by atoms with Crippen molar-refractivity contribution in [3.63, 3.8) is 0 Å². The van der Waals surface area contributed by atoms with E-state index in [2.05, 4.69) is 6.92 Å². The molecule has 0 aromatic heterocycles. The van der Waals surface area contributed by atoms with E-state index in [-0.39, 0.29) is 11.9 Å². The lowest BCUT2D eigenvalue weighted by Gasteiger charge is -2.18. The first-order chi connectivity index (χ1) is 8.74. The number of carbonyl (C=O) groups is 2. The van der Waals surface area contributed by atoms with Crippen LogP contribution in [0.1, 0.15) is 71.1 Å². The average Bonchev–Trinajstić information content (AvgIpc) is 2.55. The molecule has 0 aromatic carbocycles. The van der Waals surface area contributed by atoms with E-state index in [1.807, 2.05) is 0 Å². The Bertz CT molecular complexity index is 266.